The van der Waals surface area contributed by atoms with E-state index >= 15 is 0 Å². The molecule has 0 bridgehead atoms. The summed E-state index contributed by atoms with van der Waals surface area (Å²) in [6.07, 6.45) is 2.37. The number of nitrogens with one attached hydrogen (secondary N) is 2. The molecule has 0 aliphatic carbocycles. The van der Waals surface area contributed by atoms with Crippen LogP contribution in [0.3, 0.4) is 0 Å². The summed E-state index contributed by atoms with van der Waals surface area (Å²) >= 11 is 5.43. The van der Waals surface area contributed by atoms with Crippen molar-refractivity contribution in [3.05, 3.63) is 54.1 Å². The Bertz CT molecular complexity index is 935. The molecule has 6 heteroatoms. The summed E-state index contributed by atoms with van der Waals surface area (Å²) < 4.78 is 0. The zero-order valence-electron chi connectivity index (χ0n) is 13.7. The third-order valence-electron chi connectivity index (χ3n) is 4.40. The fraction of sp³-hybridized carbons (Fsp3) is 0.211. The van der Waals surface area contributed by atoms with Crippen molar-refractivity contribution < 1.29 is 4.79 Å². The molecule has 0 atom stereocenters. The van der Waals surface area contributed by atoms with Gasteiger partial charge in [0, 0.05) is 17.6 Å². The third-order valence-corrected chi connectivity index (χ3v) is 4.82. The van der Waals surface area contributed by atoms with E-state index < -0.39 is 0 Å². The smallest absolute Gasteiger partial charge is 0.230 e. The zero-order valence-corrected chi connectivity index (χ0v) is 14.5. The molecule has 126 valence electrons. The number of benzene rings is 2. The Kier molecular flexibility index (Phi) is 4.19. The van der Waals surface area contributed by atoms with Gasteiger partial charge in [0.25, 0.3) is 0 Å². The summed E-state index contributed by atoms with van der Waals surface area (Å²) in [4.78, 5) is 15.4. The van der Waals surface area contributed by atoms with Crippen molar-refractivity contribution in [1.29, 1.82) is 0 Å². The van der Waals surface area contributed by atoms with Crippen LogP contribution in [0.2, 0.25) is 0 Å². The van der Waals surface area contributed by atoms with Gasteiger partial charge in [-0.3, -0.25) is 9.89 Å². The molecule has 1 aliphatic rings. The SMILES string of the molecule is O=C(Cc1ccccc1)Nc1n[nH]c2ccc(N3CCCC3=S)cc12. The molecule has 2 aromatic carbocycles. The molecule has 25 heavy (non-hydrogen) atoms. The van der Waals surface area contributed by atoms with Gasteiger partial charge in [0.2, 0.25) is 5.91 Å². The molecule has 0 unspecified atom stereocenters. The largest absolute Gasteiger partial charge is 0.336 e. The van der Waals surface area contributed by atoms with Crippen LogP contribution in [-0.4, -0.2) is 27.6 Å². The highest BCUT2D eigenvalue weighted by molar-refractivity contribution is 7.80. The molecular weight excluding hydrogens is 332 g/mol. The van der Waals surface area contributed by atoms with Gasteiger partial charge < -0.3 is 10.2 Å². The molecular formula is C19H18N4OS. The first-order valence-corrected chi connectivity index (χ1v) is 8.74. The molecule has 3 aromatic rings. The summed E-state index contributed by atoms with van der Waals surface area (Å²) in [5.74, 6) is 0.476. The highest BCUT2D eigenvalue weighted by Gasteiger charge is 2.19. The third kappa shape index (κ3) is 3.25. The maximum Gasteiger partial charge on any atom is 0.230 e. The maximum absolute atomic E-state index is 12.3. The number of carbonyl (C=O) groups is 1. The number of amides is 1. The van der Waals surface area contributed by atoms with E-state index in [4.69, 9.17) is 12.2 Å². The van der Waals surface area contributed by atoms with Gasteiger partial charge in [0.05, 0.1) is 16.9 Å². The number of carbonyl (C=O) groups excluding carboxylic acids is 1. The first-order chi connectivity index (χ1) is 12.2. The molecule has 1 saturated heterocycles. The number of H-pyrrole nitrogens is 1. The van der Waals surface area contributed by atoms with E-state index in [1.807, 2.05) is 48.5 Å². The standard InChI is InChI=1S/C19H18N4OS/c24-17(11-13-5-2-1-3-6-13)20-19-15-12-14(8-9-16(15)21-22-19)23-10-4-7-18(23)25/h1-3,5-6,8-9,12H,4,7,10-11H2,(H2,20,21,22,24). The highest BCUT2D eigenvalue weighted by atomic mass is 32.1. The van der Waals surface area contributed by atoms with Crippen LogP contribution in [0.5, 0.6) is 0 Å². The molecule has 4 rings (SSSR count). The van der Waals surface area contributed by atoms with Crippen molar-refractivity contribution in [2.75, 3.05) is 16.8 Å². The molecule has 2 heterocycles. The summed E-state index contributed by atoms with van der Waals surface area (Å²) in [6, 6.07) is 15.7. The van der Waals surface area contributed by atoms with E-state index in [-0.39, 0.29) is 5.91 Å². The van der Waals surface area contributed by atoms with Crippen LogP contribution in [0.4, 0.5) is 11.5 Å². The quantitative estimate of drug-likeness (QED) is 0.705. The predicted octanol–water partition coefficient (Wildman–Crippen LogP) is 3.67. The minimum absolute atomic E-state index is 0.0818. The second kappa shape index (κ2) is 6.64. The lowest BCUT2D eigenvalue weighted by atomic mass is 10.1. The number of hydrogen-bond acceptors (Lipinski definition) is 3. The summed E-state index contributed by atoms with van der Waals surface area (Å²) in [7, 11) is 0. The van der Waals surface area contributed by atoms with Crippen molar-refractivity contribution >= 4 is 45.5 Å². The number of nitrogens with zero attached hydrogens (tertiary/aromatic N) is 2. The molecule has 0 spiro atoms. The number of aromatic amines is 1. The number of hydrogen-bond donors (Lipinski definition) is 2. The van der Waals surface area contributed by atoms with Gasteiger partial charge in [-0.2, -0.15) is 5.10 Å². The Morgan fingerprint density at radius 1 is 1.24 bits per heavy atom. The lowest BCUT2D eigenvalue weighted by Gasteiger charge is -2.18. The van der Waals surface area contributed by atoms with Crippen LogP contribution in [0.15, 0.2) is 48.5 Å². The summed E-state index contributed by atoms with van der Waals surface area (Å²) in [6.45, 7) is 0.942. The van der Waals surface area contributed by atoms with Gasteiger partial charge in [-0.15, -0.1) is 0 Å². The molecule has 0 radical (unpaired) electrons. The lowest BCUT2D eigenvalue weighted by molar-refractivity contribution is -0.115. The van der Waals surface area contributed by atoms with Crippen LogP contribution in [0, 0.1) is 0 Å². The molecule has 2 N–H and O–H groups in total. The number of anilines is 2. The summed E-state index contributed by atoms with van der Waals surface area (Å²) in [5, 5.41) is 11.0. The Morgan fingerprint density at radius 3 is 2.84 bits per heavy atom. The van der Waals surface area contributed by atoms with Crippen molar-refractivity contribution in [2.24, 2.45) is 0 Å². The second-order valence-corrected chi connectivity index (χ2v) is 6.63. The van der Waals surface area contributed by atoms with Gasteiger partial charge in [-0.1, -0.05) is 42.5 Å². The minimum Gasteiger partial charge on any atom is -0.336 e. The van der Waals surface area contributed by atoms with E-state index in [1.54, 1.807) is 0 Å². The number of rotatable bonds is 4. The zero-order chi connectivity index (χ0) is 17.2. The lowest BCUT2D eigenvalue weighted by Crippen LogP contribution is -2.22. The van der Waals surface area contributed by atoms with Crippen LogP contribution in [0.1, 0.15) is 18.4 Å². The van der Waals surface area contributed by atoms with Gasteiger partial charge in [0.1, 0.15) is 0 Å². The maximum atomic E-state index is 12.3. The first-order valence-electron chi connectivity index (χ1n) is 8.33. The molecule has 1 fully saturated rings. The van der Waals surface area contributed by atoms with Gasteiger partial charge in [-0.25, -0.2) is 0 Å². The van der Waals surface area contributed by atoms with Crippen LogP contribution in [-0.2, 0) is 11.2 Å². The molecule has 5 nitrogen and oxygen atoms in total. The number of aromatic nitrogens is 2. The van der Waals surface area contributed by atoms with Gasteiger partial charge in [0.15, 0.2) is 5.82 Å². The van der Waals surface area contributed by atoms with E-state index in [0.29, 0.717) is 12.2 Å². The average molecular weight is 350 g/mol. The Balaban J connectivity index is 1.57. The monoisotopic (exact) mass is 350 g/mol. The fourth-order valence-electron chi connectivity index (χ4n) is 3.14. The number of thiocarbonyl (C=S) groups is 1. The Morgan fingerprint density at radius 2 is 2.08 bits per heavy atom. The Labute approximate surface area is 151 Å². The van der Waals surface area contributed by atoms with Crippen LogP contribution in [0.25, 0.3) is 10.9 Å². The van der Waals surface area contributed by atoms with Crippen molar-refractivity contribution in [2.45, 2.75) is 19.3 Å². The average Bonchev–Trinajstić information content (AvgIpc) is 3.22. The van der Waals surface area contributed by atoms with Crippen molar-refractivity contribution in [1.82, 2.24) is 10.2 Å². The molecule has 1 aromatic heterocycles. The topological polar surface area (TPSA) is 61.0 Å². The van der Waals surface area contributed by atoms with Gasteiger partial charge >= 0.3 is 0 Å². The first kappa shape index (κ1) is 15.8. The predicted molar refractivity (Wildman–Crippen MR) is 104 cm³/mol. The summed E-state index contributed by atoms with van der Waals surface area (Å²) in [5.41, 5.74) is 2.92. The normalized spacial score (nSPS) is 14.2. The highest BCUT2D eigenvalue weighted by Crippen LogP contribution is 2.29. The minimum atomic E-state index is -0.0818. The number of fused-ring (bicyclic) bond motifs is 1. The molecule has 0 saturated carbocycles. The fourth-order valence-corrected chi connectivity index (χ4v) is 3.48. The van der Waals surface area contributed by atoms with Crippen molar-refractivity contribution in [3.63, 3.8) is 0 Å². The molecule has 1 amide bonds. The van der Waals surface area contributed by atoms with Crippen molar-refractivity contribution in [3.8, 4) is 0 Å². The Hall–Kier alpha value is -2.73. The van der Waals surface area contributed by atoms with Crippen LogP contribution >= 0.6 is 12.2 Å². The van der Waals surface area contributed by atoms with E-state index in [9.17, 15) is 4.79 Å². The second-order valence-electron chi connectivity index (χ2n) is 6.16. The van der Waals surface area contributed by atoms with E-state index in [1.165, 1.54) is 0 Å². The van der Waals surface area contributed by atoms with E-state index in [2.05, 4.69) is 20.4 Å². The molecule has 1 aliphatic heterocycles. The van der Waals surface area contributed by atoms with Crippen LogP contribution < -0.4 is 10.2 Å². The van der Waals surface area contributed by atoms with E-state index in [0.717, 1.165) is 46.5 Å². The van der Waals surface area contributed by atoms with Gasteiger partial charge in [-0.05, 0) is 36.6 Å².